The zero-order valence-electron chi connectivity index (χ0n) is 9.34. The Morgan fingerprint density at radius 3 is 2.59 bits per heavy atom. The van der Waals surface area contributed by atoms with E-state index in [0.717, 1.165) is 25.9 Å². The SMILES string of the molecule is O=C(O)c1cnc(N2CCC(CF)CC2)cn1. The summed E-state index contributed by atoms with van der Waals surface area (Å²) in [6, 6.07) is 0. The maximum atomic E-state index is 12.4. The van der Waals surface area contributed by atoms with Crippen LogP contribution in [0.25, 0.3) is 0 Å². The van der Waals surface area contributed by atoms with Crippen molar-refractivity contribution in [1.82, 2.24) is 9.97 Å². The molecule has 1 fully saturated rings. The van der Waals surface area contributed by atoms with Crippen LogP contribution in [0.5, 0.6) is 0 Å². The molecule has 1 aliphatic rings. The second-order valence-corrected chi connectivity index (χ2v) is 4.15. The van der Waals surface area contributed by atoms with E-state index in [1.807, 2.05) is 4.90 Å². The number of carbonyl (C=O) groups is 1. The number of carboxylic acid groups (broad SMARTS) is 1. The lowest BCUT2D eigenvalue weighted by Crippen LogP contribution is -2.34. The Kier molecular flexibility index (Phi) is 3.51. The molecule has 1 saturated heterocycles. The van der Waals surface area contributed by atoms with Crippen LogP contribution in [0.1, 0.15) is 23.3 Å². The molecule has 5 nitrogen and oxygen atoms in total. The number of hydrogen-bond donors (Lipinski definition) is 1. The molecule has 1 aliphatic heterocycles. The molecule has 0 unspecified atom stereocenters. The normalized spacial score (nSPS) is 17.1. The third-order valence-corrected chi connectivity index (χ3v) is 3.01. The fourth-order valence-corrected chi connectivity index (χ4v) is 1.91. The number of rotatable bonds is 3. The first-order chi connectivity index (χ1) is 8.20. The van der Waals surface area contributed by atoms with Crippen LogP contribution in [0.15, 0.2) is 12.4 Å². The first kappa shape index (κ1) is 11.8. The van der Waals surface area contributed by atoms with Crippen molar-refractivity contribution >= 4 is 11.8 Å². The minimum Gasteiger partial charge on any atom is -0.476 e. The standard InChI is InChI=1S/C11H14FN3O2/c12-5-8-1-3-15(4-2-8)10-7-13-9(6-14-10)11(16)17/h6-8H,1-5H2,(H,16,17). The minimum atomic E-state index is -1.08. The monoisotopic (exact) mass is 239 g/mol. The summed E-state index contributed by atoms with van der Waals surface area (Å²) in [5.41, 5.74) is -0.0626. The summed E-state index contributed by atoms with van der Waals surface area (Å²) in [6.45, 7) is 1.23. The average molecular weight is 239 g/mol. The number of hydrogen-bond acceptors (Lipinski definition) is 4. The second kappa shape index (κ2) is 5.07. The van der Waals surface area contributed by atoms with E-state index in [4.69, 9.17) is 5.11 Å². The van der Waals surface area contributed by atoms with Gasteiger partial charge in [0.1, 0.15) is 5.82 Å². The Bertz CT molecular complexity index is 388. The van der Waals surface area contributed by atoms with Crippen LogP contribution in [-0.2, 0) is 0 Å². The number of nitrogens with zero attached hydrogens (tertiary/aromatic N) is 3. The predicted octanol–water partition coefficient (Wildman–Crippen LogP) is 1.36. The maximum Gasteiger partial charge on any atom is 0.356 e. The molecule has 0 aliphatic carbocycles. The number of anilines is 1. The van der Waals surface area contributed by atoms with Crippen molar-refractivity contribution in [2.45, 2.75) is 12.8 Å². The van der Waals surface area contributed by atoms with Gasteiger partial charge >= 0.3 is 5.97 Å². The highest BCUT2D eigenvalue weighted by molar-refractivity contribution is 5.84. The van der Waals surface area contributed by atoms with Crippen molar-refractivity contribution in [3.63, 3.8) is 0 Å². The largest absolute Gasteiger partial charge is 0.476 e. The van der Waals surface area contributed by atoms with E-state index < -0.39 is 5.97 Å². The van der Waals surface area contributed by atoms with Gasteiger partial charge in [0.05, 0.1) is 19.1 Å². The third kappa shape index (κ3) is 2.69. The van der Waals surface area contributed by atoms with Crippen LogP contribution in [0.3, 0.4) is 0 Å². The van der Waals surface area contributed by atoms with Gasteiger partial charge in [0.25, 0.3) is 0 Å². The zero-order valence-corrected chi connectivity index (χ0v) is 9.34. The van der Waals surface area contributed by atoms with Crippen LogP contribution in [-0.4, -0.2) is 40.8 Å². The van der Waals surface area contributed by atoms with Gasteiger partial charge in [-0.2, -0.15) is 0 Å². The molecule has 2 heterocycles. The summed E-state index contributed by atoms with van der Waals surface area (Å²) in [6.07, 6.45) is 4.32. The molecule has 0 amide bonds. The molecule has 6 heteroatoms. The number of alkyl halides is 1. The van der Waals surface area contributed by atoms with Gasteiger partial charge in [-0.25, -0.2) is 14.8 Å². The highest BCUT2D eigenvalue weighted by atomic mass is 19.1. The Hall–Kier alpha value is -1.72. The fourth-order valence-electron chi connectivity index (χ4n) is 1.91. The quantitative estimate of drug-likeness (QED) is 0.862. The van der Waals surface area contributed by atoms with Crippen molar-refractivity contribution in [1.29, 1.82) is 0 Å². The van der Waals surface area contributed by atoms with E-state index in [1.165, 1.54) is 12.4 Å². The summed E-state index contributed by atoms with van der Waals surface area (Å²) in [5, 5.41) is 8.69. The van der Waals surface area contributed by atoms with Crippen molar-refractivity contribution in [2.75, 3.05) is 24.7 Å². The van der Waals surface area contributed by atoms with E-state index in [2.05, 4.69) is 9.97 Å². The fraction of sp³-hybridized carbons (Fsp3) is 0.545. The Morgan fingerprint density at radius 1 is 1.41 bits per heavy atom. The van der Waals surface area contributed by atoms with Crippen molar-refractivity contribution in [3.05, 3.63) is 18.1 Å². The smallest absolute Gasteiger partial charge is 0.356 e. The Labute approximate surface area is 98.3 Å². The minimum absolute atomic E-state index is 0.0626. The van der Waals surface area contributed by atoms with Gasteiger partial charge in [0, 0.05) is 13.1 Å². The van der Waals surface area contributed by atoms with Gasteiger partial charge in [0.2, 0.25) is 0 Å². The van der Waals surface area contributed by atoms with Gasteiger partial charge in [-0.1, -0.05) is 0 Å². The van der Waals surface area contributed by atoms with Crippen LogP contribution < -0.4 is 4.90 Å². The molecule has 1 N–H and O–H groups in total. The van der Waals surface area contributed by atoms with Gasteiger partial charge in [-0.15, -0.1) is 0 Å². The summed E-state index contributed by atoms with van der Waals surface area (Å²) < 4.78 is 12.4. The van der Waals surface area contributed by atoms with Gasteiger partial charge < -0.3 is 10.0 Å². The molecule has 1 aromatic heterocycles. The third-order valence-electron chi connectivity index (χ3n) is 3.01. The molecule has 0 atom stereocenters. The summed E-state index contributed by atoms with van der Waals surface area (Å²) in [7, 11) is 0. The zero-order chi connectivity index (χ0) is 12.3. The molecule has 2 rings (SSSR count). The van der Waals surface area contributed by atoms with Crippen molar-refractivity contribution < 1.29 is 14.3 Å². The molecule has 0 bridgehead atoms. The molecular formula is C11H14FN3O2. The highest BCUT2D eigenvalue weighted by Crippen LogP contribution is 2.21. The first-order valence-electron chi connectivity index (χ1n) is 5.57. The Balaban J connectivity index is 2.01. The summed E-state index contributed by atoms with van der Waals surface area (Å²) in [5.74, 6) is -0.273. The average Bonchev–Trinajstić information content (AvgIpc) is 2.39. The lowest BCUT2D eigenvalue weighted by molar-refractivity contribution is 0.0690. The lowest BCUT2D eigenvalue weighted by Gasteiger charge is -2.31. The molecule has 0 aromatic carbocycles. The van der Waals surface area contributed by atoms with Gasteiger partial charge in [-0.05, 0) is 18.8 Å². The highest BCUT2D eigenvalue weighted by Gasteiger charge is 2.20. The van der Waals surface area contributed by atoms with Crippen molar-refractivity contribution in [3.8, 4) is 0 Å². The molecule has 0 saturated carbocycles. The van der Waals surface area contributed by atoms with Gasteiger partial charge in [-0.3, -0.25) is 4.39 Å². The summed E-state index contributed by atoms with van der Waals surface area (Å²) in [4.78, 5) is 20.5. The van der Waals surface area contributed by atoms with Crippen molar-refractivity contribution in [2.24, 2.45) is 5.92 Å². The lowest BCUT2D eigenvalue weighted by atomic mass is 9.98. The van der Waals surface area contributed by atoms with Crippen LogP contribution in [0.2, 0.25) is 0 Å². The molecule has 1 aromatic rings. The summed E-state index contributed by atoms with van der Waals surface area (Å²) >= 11 is 0. The predicted molar refractivity (Wildman–Crippen MR) is 59.9 cm³/mol. The van der Waals surface area contributed by atoms with E-state index in [1.54, 1.807) is 0 Å². The maximum absolute atomic E-state index is 12.4. The molecule has 17 heavy (non-hydrogen) atoms. The van der Waals surface area contributed by atoms with Crippen LogP contribution in [0.4, 0.5) is 10.2 Å². The molecule has 92 valence electrons. The number of piperidine rings is 1. The van der Waals surface area contributed by atoms with E-state index >= 15 is 0 Å². The topological polar surface area (TPSA) is 66.3 Å². The first-order valence-corrected chi connectivity index (χ1v) is 5.57. The molecule has 0 radical (unpaired) electrons. The second-order valence-electron chi connectivity index (χ2n) is 4.15. The Morgan fingerprint density at radius 2 is 2.12 bits per heavy atom. The number of aromatic nitrogens is 2. The van der Waals surface area contributed by atoms with Crippen LogP contribution >= 0.6 is 0 Å². The number of halogens is 1. The van der Waals surface area contributed by atoms with E-state index in [-0.39, 0.29) is 18.3 Å². The van der Waals surface area contributed by atoms with Crippen LogP contribution in [0, 0.1) is 5.92 Å². The number of carboxylic acids is 1. The molecular weight excluding hydrogens is 225 g/mol. The molecule has 0 spiro atoms. The van der Waals surface area contributed by atoms with Gasteiger partial charge in [0.15, 0.2) is 5.69 Å². The number of aromatic carboxylic acids is 1. The van der Waals surface area contributed by atoms with E-state index in [0.29, 0.717) is 5.82 Å². The van der Waals surface area contributed by atoms with E-state index in [9.17, 15) is 9.18 Å².